The number of nitriles is 1. The molecule has 2 aromatic rings. The van der Waals surface area contributed by atoms with Crippen molar-refractivity contribution in [3.05, 3.63) is 53.5 Å². The Morgan fingerprint density at radius 1 is 1.35 bits per heavy atom. The molecule has 0 radical (unpaired) electrons. The van der Waals surface area contributed by atoms with Gasteiger partial charge in [-0.15, -0.1) is 0 Å². The molecule has 1 aromatic carbocycles. The lowest BCUT2D eigenvalue weighted by molar-refractivity contribution is -0.0662. The monoisotopic (exact) mass is 433 g/mol. The van der Waals surface area contributed by atoms with E-state index in [1.807, 2.05) is 6.07 Å². The second kappa shape index (κ2) is 8.23. The first-order chi connectivity index (χ1) is 14.6. The van der Waals surface area contributed by atoms with Gasteiger partial charge in [0.15, 0.2) is 5.54 Å². The Kier molecular flexibility index (Phi) is 5.85. The predicted octanol–water partition coefficient (Wildman–Crippen LogP) is 3.33. The summed E-state index contributed by atoms with van der Waals surface area (Å²) >= 11 is 0. The van der Waals surface area contributed by atoms with Crippen LogP contribution in [0.1, 0.15) is 25.0 Å². The Morgan fingerprint density at radius 2 is 2.10 bits per heavy atom. The SMILES string of the molecule is CC1(C)OCC(c2cc(NC(=O)Oc3ccc(C#N)cn3)ccc2F)(C(F)F)N=C1N. The molecule has 3 rings (SSSR count). The van der Waals surface area contributed by atoms with Crippen LogP contribution in [0.2, 0.25) is 0 Å². The minimum atomic E-state index is -3.14. The Balaban J connectivity index is 1.88. The first-order valence-corrected chi connectivity index (χ1v) is 9.00. The van der Waals surface area contributed by atoms with Gasteiger partial charge in [-0.2, -0.15) is 5.26 Å². The number of nitrogens with zero attached hydrogens (tertiary/aromatic N) is 3. The first kappa shape index (κ1) is 22.0. The number of pyridine rings is 1. The van der Waals surface area contributed by atoms with Gasteiger partial charge in [0.2, 0.25) is 5.88 Å². The number of carbonyl (C=O) groups excluding carboxylic acids is 1. The van der Waals surface area contributed by atoms with E-state index < -0.39 is 41.6 Å². The zero-order valence-electron chi connectivity index (χ0n) is 16.5. The smallest absolute Gasteiger partial charge is 0.391 e. The van der Waals surface area contributed by atoms with Crippen LogP contribution in [0.5, 0.6) is 5.88 Å². The standard InChI is InChI=1S/C20H18F3N5O3/c1-19(2)17(25)28-20(10-30-19,16(22)23)13-7-12(4-5-14(13)21)27-18(29)31-15-6-3-11(8-24)9-26-15/h3-7,9,16H,10H2,1-2H3,(H2,25,28)(H,27,29). The fraction of sp³-hybridized carbons (Fsp3) is 0.300. The minimum Gasteiger partial charge on any atom is -0.391 e. The molecule has 1 unspecified atom stereocenters. The van der Waals surface area contributed by atoms with Crippen LogP contribution in [0.25, 0.3) is 0 Å². The highest BCUT2D eigenvalue weighted by molar-refractivity contribution is 5.89. The molecular formula is C20H18F3N5O3. The van der Waals surface area contributed by atoms with E-state index in [1.54, 1.807) is 13.8 Å². The highest BCUT2D eigenvalue weighted by Gasteiger charge is 2.49. The summed E-state index contributed by atoms with van der Waals surface area (Å²) in [5, 5.41) is 11.1. The Bertz CT molecular complexity index is 1070. The summed E-state index contributed by atoms with van der Waals surface area (Å²) in [6.45, 7) is 2.50. The normalized spacial score (nSPS) is 20.0. The van der Waals surface area contributed by atoms with E-state index in [0.717, 1.165) is 12.1 Å². The Morgan fingerprint density at radius 3 is 2.68 bits per heavy atom. The lowest BCUT2D eigenvalue weighted by Gasteiger charge is -2.40. The van der Waals surface area contributed by atoms with Gasteiger partial charge < -0.3 is 15.2 Å². The molecular weight excluding hydrogens is 415 g/mol. The molecule has 0 saturated carbocycles. The Labute approximate surface area is 175 Å². The number of nitrogens with two attached hydrogens (primary N) is 1. The number of ether oxygens (including phenoxy) is 2. The molecule has 1 aromatic heterocycles. The summed E-state index contributed by atoms with van der Waals surface area (Å²) in [6.07, 6.45) is -2.93. The van der Waals surface area contributed by atoms with Gasteiger partial charge in [0.25, 0.3) is 6.43 Å². The maximum absolute atomic E-state index is 14.6. The molecule has 1 aliphatic rings. The number of aromatic nitrogens is 1. The molecule has 0 spiro atoms. The van der Waals surface area contributed by atoms with Crippen molar-refractivity contribution in [2.75, 3.05) is 11.9 Å². The largest absolute Gasteiger partial charge is 0.418 e. The number of halogens is 3. The number of carbonyl (C=O) groups is 1. The molecule has 1 aliphatic heterocycles. The summed E-state index contributed by atoms with van der Waals surface area (Å²) in [5.41, 5.74) is 2.09. The lowest BCUT2D eigenvalue weighted by Crippen LogP contribution is -2.53. The van der Waals surface area contributed by atoms with E-state index in [9.17, 15) is 18.0 Å². The van der Waals surface area contributed by atoms with Crippen LogP contribution < -0.4 is 15.8 Å². The van der Waals surface area contributed by atoms with Crippen LogP contribution in [0.15, 0.2) is 41.5 Å². The molecule has 3 N–H and O–H groups in total. The number of aliphatic imine (C=N–C) groups is 1. The molecule has 0 fully saturated rings. The van der Waals surface area contributed by atoms with Crippen LogP contribution in [0, 0.1) is 17.1 Å². The van der Waals surface area contributed by atoms with Gasteiger partial charge in [0, 0.05) is 23.5 Å². The van der Waals surface area contributed by atoms with E-state index in [1.165, 1.54) is 24.4 Å². The molecule has 0 aliphatic carbocycles. The number of amides is 1. The number of rotatable bonds is 4. The van der Waals surface area contributed by atoms with Gasteiger partial charge in [0.1, 0.15) is 23.3 Å². The van der Waals surface area contributed by atoms with E-state index >= 15 is 0 Å². The van der Waals surface area contributed by atoms with Crippen molar-refractivity contribution in [3.63, 3.8) is 0 Å². The Hall–Kier alpha value is -3.65. The molecule has 0 saturated heterocycles. The molecule has 162 valence electrons. The van der Waals surface area contributed by atoms with Crippen LogP contribution in [0.4, 0.5) is 23.7 Å². The van der Waals surface area contributed by atoms with Crippen LogP contribution in [0.3, 0.4) is 0 Å². The van der Waals surface area contributed by atoms with Crippen molar-refractivity contribution in [2.24, 2.45) is 10.7 Å². The maximum atomic E-state index is 14.6. The van der Waals surface area contributed by atoms with Gasteiger partial charge in [-0.05, 0) is 38.1 Å². The fourth-order valence-corrected chi connectivity index (χ4v) is 2.79. The van der Waals surface area contributed by atoms with Gasteiger partial charge in [0.05, 0.1) is 12.2 Å². The third kappa shape index (κ3) is 4.44. The quantitative estimate of drug-likeness (QED) is 0.763. The van der Waals surface area contributed by atoms with Crippen molar-refractivity contribution in [3.8, 4) is 11.9 Å². The van der Waals surface area contributed by atoms with Crippen molar-refractivity contribution < 1.29 is 27.4 Å². The first-order valence-electron chi connectivity index (χ1n) is 9.00. The number of anilines is 1. The number of nitrogens with one attached hydrogen (secondary N) is 1. The highest BCUT2D eigenvalue weighted by Crippen LogP contribution is 2.40. The summed E-state index contributed by atoms with van der Waals surface area (Å²) in [5.74, 6) is -1.26. The highest BCUT2D eigenvalue weighted by atomic mass is 19.3. The third-order valence-corrected chi connectivity index (χ3v) is 4.69. The number of alkyl halides is 2. The zero-order chi connectivity index (χ0) is 22.8. The minimum absolute atomic E-state index is 0.0197. The zero-order valence-corrected chi connectivity index (χ0v) is 16.5. The van der Waals surface area contributed by atoms with Gasteiger partial charge in [-0.1, -0.05) is 0 Å². The average molecular weight is 433 g/mol. The molecule has 0 bridgehead atoms. The van der Waals surface area contributed by atoms with E-state index in [0.29, 0.717) is 0 Å². The van der Waals surface area contributed by atoms with Crippen LogP contribution >= 0.6 is 0 Å². The predicted molar refractivity (Wildman–Crippen MR) is 104 cm³/mol. The number of hydrogen-bond acceptors (Lipinski definition) is 7. The fourth-order valence-electron chi connectivity index (χ4n) is 2.79. The van der Waals surface area contributed by atoms with Gasteiger partial charge >= 0.3 is 6.09 Å². The molecule has 31 heavy (non-hydrogen) atoms. The number of amidine groups is 1. The van der Waals surface area contributed by atoms with Gasteiger partial charge in [-0.3, -0.25) is 5.32 Å². The van der Waals surface area contributed by atoms with E-state index in [4.69, 9.17) is 20.5 Å². The summed E-state index contributed by atoms with van der Waals surface area (Å²) in [6, 6.07) is 7.67. The second-order valence-corrected chi connectivity index (χ2v) is 7.23. The van der Waals surface area contributed by atoms with Crippen molar-refractivity contribution >= 4 is 17.6 Å². The van der Waals surface area contributed by atoms with Gasteiger partial charge in [-0.25, -0.2) is 27.9 Å². The molecule has 1 amide bonds. The molecule has 11 heteroatoms. The molecule has 2 heterocycles. The van der Waals surface area contributed by atoms with E-state index in [-0.39, 0.29) is 23.0 Å². The molecule has 8 nitrogen and oxygen atoms in total. The van der Waals surface area contributed by atoms with E-state index in [2.05, 4.69) is 15.3 Å². The summed E-state index contributed by atoms with van der Waals surface area (Å²) in [7, 11) is 0. The summed E-state index contributed by atoms with van der Waals surface area (Å²) in [4.78, 5) is 19.8. The average Bonchev–Trinajstić information content (AvgIpc) is 2.72. The topological polar surface area (TPSA) is 123 Å². The lowest BCUT2D eigenvalue weighted by atomic mass is 9.88. The third-order valence-electron chi connectivity index (χ3n) is 4.69. The second-order valence-electron chi connectivity index (χ2n) is 7.23. The summed E-state index contributed by atoms with van der Waals surface area (Å²) < 4.78 is 53.1. The number of hydrogen-bond donors (Lipinski definition) is 2. The van der Waals surface area contributed by atoms with Crippen LogP contribution in [-0.2, 0) is 10.3 Å². The van der Waals surface area contributed by atoms with Crippen molar-refractivity contribution in [1.82, 2.24) is 4.98 Å². The maximum Gasteiger partial charge on any atom is 0.418 e. The number of benzene rings is 1. The van der Waals surface area contributed by atoms with Crippen LogP contribution in [-0.4, -0.2) is 35.5 Å². The van der Waals surface area contributed by atoms with Crippen molar-refractivity contribution in [2.45, 2.75) is 31.4 Å². The molecule has 1 atom stereocenters. The van der Waals surface area contributed by atoms with Crippen molar-refractivity contribution in [1.29, 1.82) is 5.26 Å².